The summed E-state index contributed by atoms with van der Waals surface area (Å²) in [6.45, 7) is 1.15. The first kappa shape index (κ1) is 26.1. The Bertz CT molecular complexity index is 1250. The highest BCUT2D eigenvalue weighted by molar-refractivity contribution is 5.77. The number of rotatable bonds is 10. The van der Waals surface area contributed by atoms with Crippen molar-refractivity contribution in [2.24, 2.45) is 0 Å². The molecule has 1 aliphatic heterocycles. The van der Waals surface area contributed by atoms with Crippen LogP contribution >= 0.6 is 0 Å². The van der Waals surface area contributed by atoms with E-state index in [-0.39, 0.29) is 32.0 Å². The van der Waals surface area contributed by atoms with Crippen molar-refractivity contribution in [3.63, 3.8) is 0 Å². The topological polar surface area (TPSA) is 94.5 Å². The maximum atomic E-state index is 14.8. The minimum atomic E-state index is -0.964. The van der Waals surface area contributed by atoms with E-state index in [4.69, 9.17) is 19.0 Å². The number of methoxy groups -OCH3 is 1. The molecule has 0 aromatic heterocycles. The Morgan fingerprint density at radius 3 is 2.54 bits per heavy atom. The third-order valence-corrected chi connectivity index (χ3v) is 5.96. The number of fused-ring (bicyclic) bond motifs is 1. The third-order valence-electron chi connectivity index (χ3n) is 5.96. The number of carbonyl (C=O) groups is 2. The summed E-state index contributed by atoms with van der Waals surface area (Å²) in [4.78, 5) is 29.0. The maximum Gasteiger partial charge on any atom is 0.528 e. The number of hydrogen-bond acceptors (Lipinski definition) is 7. The normalized spacial score (nSPS) is 13.0. The summed E-state index contributed by atoms with van der Waals surface area (Å²) in [5.74, 6) is -0.803. The van der Waals surface area contributed by atoms with Gasteiger partial charge in [-0.3, -0.25) is 4.79 Å². The van der Waals surface area contributed by atoms with Gasteiger partial charge < -0.3 is 24.2 Å². The number of hydroxylamine groups is 2. The van der Waals surface area contributed by atoms with Gasteiger partial charge in [0.15, 0.2) is 0 Å². The van der Waals surface area contributed by atoms with Gasteiger partial charge in [0.05, 0.1) is 19.6 Å². The van der Waals surface area contributed by atoms with Crippen molar-refractivity contribution in [3.05, 3.63) is 88.7 Å². The molecule has 0 saturated heterocycles. The third kappa shape index (κ3) is 6.84. The molecule has 8 nitrogen and oxygen atoms in total. The number of carboxylic acids is 1. The molecule has 4 rings (SSSR count). The molecule has 1 heterocycles. The van der Waals surface area contributed by atoms with Crippen LogP contribution in [-0.2, 0) is 45.1 Å². The van der Waals surface area contributed by atoms with E-state index >= 15 is 0 Å². The van der Waals surface area contributed by atoms with E-state index in [1.165, 1.54) is 11.1 Å². The summed E-state index contributed by atoms with van der Waals surface area (Å²) in [5, 5.41) is 10.7. The van der Waals surface area contributed by atoms with E-state index in [0.29, 0.717) is 53.1 Å². The lowest BCUT2D eigenvalue weighted by Gasteiger charge is -2.29. The van der Waals surface area contributed by atoms with Crippen LogP contribution in [0.3, 0.4) is 0 Å². The van der Waals surface area contributed by atoms with Gasteiger partial charge in [-0.05, 0) is 52.4 Å². The van der Waals surface area contributed by atoms with Crippen molar-refractivity contribution in [1.29, 1.82) is 0 Å². The zero-order chi connectivity index (χ0) is 26.2. The molecule has 0 fully saturated rings. The van der Waals surface area contributed by atoms with Gasteiger partial charge in [-0.25, -0.2) is 9.18 Å². The first-order chi connectivity index (χ1) is 17.9. The number of carboxylic acid groups (broad SMARTS) is 1. The smallest absolute Gasteiger partial charge is 0.491 e. The molecule has 9 heteroatoms. The lowest BCUT2D eigenvalue weighted by molar-refractivity contribution is -0.139. The van der Waals surface area contributed by atoms with E-state index in [0.717, 1.165) is 5.56 Å². The van der Waals surface area contributed by atoms with E-state index in [1.54, 1.807) is 31.4 Å². The van der Waals surface area contributed by atoms with Gasteiger partial charge in [-0.15, -0.1) is 5.06 Å². The molecule has 0 radical (unpaired) electrons. The summed E-state index contributed by atoms with van der Waals surface area (Å²) in [5.41, 5.74) is 3.84. The number of benzene rings is 3. The Morgan fingerprint density at radius 2 is 1.78 bits per heavy atom. The molecule has 0 amide bonds. The second kappa shape index (κ2) is 12.3. The van der Waals surface area contributed by atoms with Crippen molar-refractivity contribution < 1.29 is 38.1 Å². The van der Waals surface area contributed by atoms with E-state index < -0.39 is 12.1 Å². The molecule has 0 unspecified atom stereocenters. The van der Waals surface area contributed by atoms with Crippen LogP contribution in [0.25, 0.3) is 11.1 Å². The van der Waals surface area contributed by atoms with E-state index in [2.05, 4.69) is 0 Å². The molecule has 1 N–H and O–H groups in total. The van der Waals surface area contributed by atoms with Gasteiger partial charge in [-0.2, -0.15) is 0 Å². The van der Waals surface area contributed by atoms with Crippen LogP contribution in [0.4, 0.5) is 9.18 Å². The van der Waals surface area contributed by atoms with E-state index in [9.17, 15) is 19.1 Å². The summed E-state index contributed by atoms with van der Waals surface area (Å²) in [7, 11) is 1.57. The zero-order valence-corrected chi connectivity index (χ0v) is 20.4. The van der Waals surface area contributed by atoms with Gasteiger partial charge in [0, 0.05) is 19.2 Å². The molecule has 0 spiro atoms. The molecule has 0 atom stereocenters. The quantitative estimate of drug-likeness (QED) is 0.309. The van der Waals surface area contributed by atoms with Crippen molar-refractivity contribution in [1.82, 2.24) is 5.06 Å². The van der Waals surface area contributed by atoms with Crippen LogP contribution in [-0.4, -0.2) is 49.2 Å². The van der Waals surface area contributed by atoms with Gasteiger partial charge in [0.25, 0.3) is 0 Å². The van der Waals surface area contributed by atoms with Crippen molar-refractivity contribution >= 4 is 12.1 Å². The molecular weight excluding hydrogens is 481 g/mol. The molecule has 3 aromatic rings. The Balaban J connectivity index is 1.58. The van der Waals surface area contributed by atoms with Gasteiger partial charge in [0.1, 0.15) is 24.8 Å². The minimum Gasteiger partial charge on any atom is -0.491 e. The number of hydrogen-bond donors (Lipinski definition) is 1. The first-order valence-corrected chi connectivity index (χ1v) is 11.8. The molecule has 194 valence electrons. The number of aliphatic carboxylic acids is 1. The maximum absolute atomic E-state index is 14.8. The largest absolute Gasteiger partial charge is 0.528 e. The average molecular weight is 510 g/mol. The van der Waals surface area contributed by atoms with Crippen molar-refractivity contribution in [2.45, 2.75) is 26.0 Å². The Morgan fingerprint density at radius 1 is 0.973 bits per heavy atom. The molecule has 0 bridgehead atoms. The molecular formula is C28H28FNO7. The standard InChI is InChI=1S/C28H28FNO7/c1-34-13-14-35-26-10-7-20(16-27(31)32)15-23(26)21-8-9-25(29)22-11-12-30(17-24(21)22)37-28(33)36-18-19-5-3-2-4-6-19/h2-10,15H,11-14,16-18H2,1H3,(H,31,32). The van der Waals surface area contributed by atoms with Crippen LogP contribution in [0.1, 0.15) is 22.3 Å². The first-order valence-electron chi connectivity index (χ1n) is 11.8. The zero-order valence-electron chi connectivity index (χ0n) is 20.4. The van der Waals surface area contributed by atoms with Crippen LogP contribution in [0.15, 0.2) is 60.7 Å². The van der Waals surface area contributed by atoms with Crippen LogP contribution in [0.2, 0.25) is 0 Å². The predicted octanol–water partition coefficient (Wildman–Crippen LogP) is 4.77. The highest BCUT2D eigenvalue weighted by atomic mass is 19.1. The summed E-state index contributed by atoms with van der Waals surface area (Å²) < 4.78 is 31.0. The SMILES string of the molecule is COCCOc1ccc(CC(=O)O)cc1-c1ccc(F)c2c1CN(OC(=O)OCc1ccccc1)CC2. The minimum absolute atomic E-state index is 0.0719. The monoisotopic (exact) mass is 509 g/mol. The van der Waals surface area contributed by atoms with Crippen molar-refractivity contribution in [3.8, 4) is 16.9 Å². The summed E-state index contributed by atoms with van der Waals surface area (Å²) in [6, 6.07) is 17.4. The molecule has 0 aliphatic carbocycles. The second-order valence-corrected chi connectivity index (χ2v) is 8.52. The van der Waals surface area contributed by atoms with Crippen LogP contribution in [0, 0.1) is 5.82 Å². The molecule has 37 heavy (non-hydrogen) atoms. The molecule has 0 saturated carbocycles. The van der Waals surface area contributed by atoms with Crippen LogP contribution in [0.5, 0.6) is 5.75 Å². The van der Waals surface area contributed by atoms with E-state index in [1.807, 2.05) is 30.3 Å². The number of halogens is 1. The molecule has 1 aliphatic rings. The highest BCUT2D eigenvalue weighted by Gasteiger charge is 2.27. The average Bonchev–Trinajstić information content (AvgIpc) is 2.89. The number of ether oxygens (including phenoxy) is 3. The Labute approximate surface area is 214 Å². The number of carbonyl (C=O) groups excluding carboxylic acids is 1. The van der Waals surface area contributed by atoms with Crippen LogP contribution < -0.4 is 4.74 Å². The number of nitrogens with zero attached hydrogens (tertiary/aromatic N) is 1. The molecule has 3 aromatic carbocycles. The Hall–Kier alpha value is -3.95. The fourth-order valence-corrected chi connectivity index (χ4v) is 4.22. The summed E-state index contributed by atoms with van der Waals surface area (Å²) in [6.07, 6.45) is -0.704. The predicted molar refractivity (Wildman–Crippen MR) is 132 cm³/mol. The summed E-state index contributed by atoms with van der Waals surface area (Å²) >= 11 is 0. The second-order valence-electron chi connectivity index (χ2n) is 8.52. The fourth-order valence-electron chi connectivity index (χ4n) is 4.22. The fraction of sp³-hybridized carbons (Fsp3) is 0.286. The highest BCUT2D eigenvalue weighted by Crippen LogP contribution is 2.38. The van der Waals surface area contributed by atoms with Gasteiger partial charge in [-0.1, -0.05) is 42.5 Å². The van der Waals surface area contributed by atoms with Crippen molar-refractivity contribution in [2.75, 3.05) is 26.9 Å². The Kier molecular flexibility index (Phi) is 8.71. The lowest BCUT2D eigenvalue weighted by atomic mass is 9.90. The lowest BCUT2D eigenvalue weighted by Crippen LogP contribution is -2.34. The van der Waals surface area contributed by atoms with Gasteiger partial charge in [0.2, 0.25) is 0 Å². The van der Waals surface area contributed by atoms with Gasteiger partial charge >= 0.3 is 12.1 Å².